The van der Waals surface area contributed by atoms with Crippen molar-refractivity contribution in [1.29, 1.82) is 0 Å². The summed E-state index contributed by atoms with van der Waals surface area (Å²) in [6.07, 6.45) is 2.73. The minimum absolute atomic E-state index is 0.0363. The SMILES string of the molecule is CCN1CCN(CC(=O)N2CCC[C@@H](Cc3ccc(F)cc3)C2)C(=O)C1=O. The van der Waals surface area contributed by atoms with Gasteiger partial charge in [0.05, 0.1) is 0 Å². The molecular weight excluding hydrogens is 349 g/mol. The van der Waals surface area contributed by atoms with Crippen molar-refractivity contribution < 1.29 is 18.8 Å². The molecule has 0 radical (unpaired) electrons. The molecular formula is C20H26FN3O3. The van der Waals surface area contributed by atoms with E-state index in [9.17, 15) is 18.8 Å². The second kappa shape index (κ2) is 8.50. The molecule has 0 N–H and O–H groups in total. The highest BCUT2D eigenvalue weighted by atomic mass is 19.1. The Morgan fingerprint density at radius 1 is 1.07 bits per heavy atom. The van der Waals surface area contributed by atoms with Crippen LogP contribution in [0.4, 0.5) is 4.39 Å². The molecule has 1 atom stereocenters. The van der Waals surface area contributed by atoms with Crippen molar-refractivity contribution in [3.63, 3.8) is 0 Å². The zero-order valence-electron chi connectivity index (χ0n) is 15.7. The Balaban J connectivity index is 1.54. The largest absolute Gasteiger partial charge is 0.341 e. The third-order valence-electron chi connectivity index (χ3n) is 5.41. The summed E-state index contributed by atoms with van der Waals surface area (Å²) in [7, 11) is 0. The fraction of sp³-hybridized carbons (Fsp3) is 0.550. The van der Waals surface area contributed by atoms with Gasteiger partial charge < -0.3 is 14.7 Å². The monoisotopic (exact) mass is 375 g/mol. The predicted octanol–water partition coefficient (Wildman–Crippen LogP) is 1.30. The number of amides is 3. The van der Waals surface area contributed by atoms with Crippen LogP contribution in [-0.2, 0) is 20.8 Å². The van der Waals surface area contributed by atoms with Gasteiger partial charge in [0.1, 0.15) is 12.4 Å². The first-order chi connectivity index (χ1) is 13.0. The minimum atomic E-state index is -0.587. The summed E-state index contributed by atoms with van der Waals surface area (Å²) in [6.45, 7) is 4.48. The highest BCUT2D eigenvalue weighted by Crippen LogP contribution is 2.21. The van der Waals surface area contributed by atoms with Crippen LogP contribution in [0.25, 0.3) is 0 Å². The Bertz CT molecular complexity index is 707. The van der Waals surface area contributed by atoms with Gasteiger partial charge >= 0.3 is 11.8 Å². The fourth-order valence-corrected chi connectivity index (χ4v) is 3.84. The van der Waals surface area contributed by atoms with E-state index >= 15 is 0 Å². The number of benzene rings is 1. The van der Waals surface area contributed by atoms with Crippen molar-refractivity contribution in [2.24, 2.45) is 5.92 Å². The van der Waals surface area contributed by atoms with E-state index in [2.05, 4.69) is 0 Å². The zero-order valence-corrected chi connectivity index (χ0v) is 15.7. The molecule has 0 saturated carbocycles. The highest BCUT2D eigenvalue weighted by molar-refractivity contribution is 6.35. The summed E-state index contributed by atoms with van der Waals surface area (Å²) < 4.78 is 13.0. The third kappa shape index (κ3) is 4.64. The lowest BCUT2D eigenvalue weighted by atomic mass is 9.91. The Morgan fingerprint density at radius 3 is 2.44 bits per heavy atom. The van der Waals surface area contributed by atoms with E-state index in [4.69, 9.17) is 0 Å². The number of likely N-dealkylation sites (tertiary alicyclic amines) is 1. The number of hydrogen-bond acceptors (Lipinski definition) is 3. The summed E-state index contributed by atoms with van der Waals surface area (Å²) in [4.78, 5) is 41.5. The maximum atomic E-state index is 13.0. The van der Waals surface area contributed by atoms with Gasteiger partial charge in [-0.05, 0) is 49.8 Å². The van der Waals surface area contributed by atoms with Crippen molar-refractivity contribution in [2.45, 2.75) is 26.2 Å². The van der Waals surface area contributed by atoms with Crippen LogP contribution in [0.15, 0.2) is 24.3 Å². The highest BCUT2D eigenvalue weighted by Gasteiger charge is 2.34. The van der Waals surface area contributed by atoms with Crippen LogP contribution in [-0.4, -0.2) is 71.7 Å². The number of carbonyl (C=O) groups excluding carboxylic acids is 3. The van der Waals surface area contributed by atoms with Gasteiger partial charge in [-0.1, -0.05) is 12.1 Å². The van der Waals surface area contributed by atoms with Crippen LogP contribution in [0.2, 0.25) is 0 Å². The van der Waals surface area contributed by atoms with Crippen LogP contribution >= 0.6 is 0 Å². The number of likely N-dealkylation sites (N-methyl/N-ethyl adjacent to an activating group) is 1. The second-order valence-electron chi connectivity index (χ2n) is 7.29. The molecule has 0 bridgehead atoms. The molecule has 27 heavy (non-hydrogen) atoms. The van der Waals surface area contributed by atoms with Gasteiger partial charge in [0, 0.05) is 32.7 Å². The number of piperazine rings is 1. The van der Waals surface area contributed by atoms with Crippen LogP contribution in [0.1, 0.15) is 25.3 Å². The molecule has 2 aliphatic rings. The van der Waals surface area contributed by atoms with E-state index in [-0.39, 0.29) is 18.3 Å². The molecule has 1 aromatic rings. The standard InChI is InChI=1S/C20H26FN3O3/c1-2-22-10-11-24(20(27)19(22)26)14-18(25)23-9-3-4-16(13-23)12-15-5-7-17(21)8-6-15/h5-8,16H,2-4,9-14H2,1H3/t16-/m0/s1. The van der Waals surface area contributed by atoms with E-state index in [1.165, 1.54) is 21.9 Å². The van der Waals surface area contributed by atoms with Gasteiger partial charge in [-0.25, -0.2) is 4.39 Å². The Labute approximate surface area is 158 Å². The van der Waals surface area contributed by atoms with Crippen LogP contribution in [0.5, 0.6) is 0 Å². The van der Waals surface area contributed by atoms with Gasteiger partial charge in [-0.2, -0.15) is 0 Å². The molecule has 2 heterocycles. The maximum absolute atomic E-state index is 13.0. The molecule has 3 amide bonds. The average Bonchev–Trinajstić information content (AvgIpc) is 2.68. The lowest BCUT2D eigenvalue weighted by molar-refractivity contribution is -0.157. The first-order valence-corrected chi connectivity index (χ1v) is 9.58. The smallest absolute Gasteiger partial charge is 0.312 e. The number of carbonyl (C=O) groups is 3. The molecule has 1 aromatic carbocycles. The Hall–Kier alpha value is -2.44. The van der Waals surface area contributed by atoms with Crippen molar-refractivity contribution in [3.05, 3.63) is 35.6 Å². The maximum Gasteiger partial charge on any atom is 0.312 e. The lowest BCUT2D eigenvalue weighted by Gasteiger charge is -2.36. The molecule has 0 unspecified atom stereocenters. The van der Waals surface area contributed by atoms with Gasteiger partial charge in [0.2, 0.25) is 5.91 Å². The van der Waals surface area contributed by atoms with Crippen LogP contribution < -0.4 is 0 Å². The molecule has 0 aromatic heterocycles. The number of piperidine rings is 1. The summed E-state index contributed by atoms with van der Waals surface area (Å²) in [5.74, 6) is -1.14. The van der Waals surface area contributed by atoms with Crippen molar-refractivity contribution in [1.82, 2.24) is 14.7 Å². The molecule has 2 saturated heterocycles. The normalized spacial score (nSPS) is 21.0. The van der Waals surface area contributed by atoms with Crippen molar-refractivity contribution in [3.8, 4) is 0 Å². The van der Waals surface area contributed by atoms with Gasteiger partial charge in [-0.15, -0.1) is 0 Å². The van der Waals surface area contributed by atoms with E-state index < -0.39 is 11.8 Å². The Morgan fingerprint density at radius 2 is 1.74 bits per heavy atom. The number of halogens is 1. The molecule has 2 fully saturated rings. The molecule has 2 aliphatic heterocycles. The van der Waals surface area contributed by atoms with E-state index in [1.807, 2.05) is 6.92 Å². The number of hydrogen-bond donors (Lipinski definition) is 0. The summed E-state index contributed by atoms with van der Waals surface area (Å²) in [5.41, 5.74) is 1.06. The van der Waals surface area contributed by atoms with Crippen LogP contribution in [0.3, 0.4) is 0 Å². The molecule has 7 heteroatoms. The third-order valence-corrected chi connectivity index (χ3v) is 5.41. The number of nitrogens with zero attached hydrogens (tertiary/aromatic N) is 3. The summed E-state index contributed by atoms with van der Waals surface area (Å²) >= 11 is 0. The topological polar surface area (TPSA) is 60.9 Å². The summed E-state index contributed by atoms with van der Waals surface area (Å²) in [5, 5.41) is 0. The van der Waals surface area contributed by atoms with E-state index in [0.717, 1.165) is 24.8 Å². The second-order valence-corrected chi connectivity index (χ2v) is 7.29. The molecule has 3 rings (SSSR count). The van der Waals surface area contributed by atoms with E-state index in [1.54, 1.807) is 17.0 Å². The van der Waals surface area contributed by atoms with Gasteiger partial charge in [0.25, 0.3) is 0 Å². The summed E-state index contributed by atoms with van der Waals surface area (Å²) in [6, 6.07) is 6.49. The van der Waals surface area contributed by atoms with Crippen molar-refractivity contribution >= 4 is 17.7 Å². The molecule has 6 nitrogen and oxygen atoms in total. The van der Waals surface area contributed by atoms with Gasteiger partial charge in [-0.3, -0.25) is 14.4 Å². The molecule has 0 spiro atoms. The number of rotatable bonds is 5. The van der Waals surface area contributed by atoms with E-state index in [0.29, 0.717) is 38.6 Å². The zero-order chi connectivity index (χ0) is 19.4. The molecule has 146 valence electrons. The molecule has 0 aliphatic carbocycles. The van der Waals surface area contributed by atoms with Crippen molar-refractivity contribution in [2.75, 3.05) is 39.3 Å². The fourth-order valence-electron chi connectivity index (χ4n) is 3.84. The first-order valence-electron chi connectivity index (χ1n) is 9.58. The first kappa shape index (κ1) is 19.3. The lowest BCUT2D eigenvalue weighted by Crippen LogP contribution is -2.56. The predicted molar refractivity (Wildman–Crippen MR) is 98.2 cm³/mol. The average molecular weight is 375 g/mol. The Kier molecular flexibility index (Phi) is 6.08. The van der Waals surface area contributed by atoms with Gasteiger partial charge in [0.15, 0.2) is 0 Å². The quantitative estimate of drug-likeness (QED) is 0.729. The minimum Gasteiger partial charge on any atom is -0.341 e. The van der Waals surface area contributed by atoms with Crippen LogP contribution in [0, 0.1) is 11.7 Å².